The fourth-order valence-corrected chi connectivity index (χ4v) is 10.7. The first-order chi connectivity index (χ1) is 28.5. The van der Waals surface area contributed by atoms with E-state index < -0.39 is 82.6 Å². The van der Waals surface area contributed by atoms with E-state index >= 15 is 0 Å². The number of nitriles is 1. The van der Waals surface area contributed by atoms with Gasteiger partial charge in [0, 0.05) is 29.4 Å². The van der Waals surface area contributed by atoms with Gasteiger partial charge in [0.15, 0.2) is 11.5 Å². The smallest absolute Gasteiger partial charge is 0.411 e. The number of thioether (sulfide) groups is 1. The van der Waals surface area contributed by atoms with Gasteiger partial charge in [0.2, 0.25) is 3.79 Å². The number of aryl methyl sites for hydroxylation is 1. The van der Waals surface area contributed by atoms with Crippen LogP contribution in [0.3, 0.4) is 0 Å². The van der Waals surface area contributed by atoms with Gasteiger partial charge in [-0.25, -0.2) is 14.4 Å². The largest absolute Gasteiger partial charge is 0.496 e. The summed E-state index contributed by atoms with van der Waals surface area (Å²) < 4.78 is 39.4. The van der Waals surface area contributed by atoms with Crippen molar-refractivity contribution in [3.8, 4) is 29.1 Å². The summed E-state index contributed by atoms with van der Waals surface area (Å²) in [6, 6.07) is -1.21. The summed E-state index contributed by atoms with van der Waals surface area (Å²) in [5.41, 5.74) is 4.69. The number of amides is 2. The van der Waals surface area contributed by atoms with E-state index in [1.807, 2.05) is 24.8 Å². The van der Waals surface area contributed by atoms with Crippen LogP contribution in [-0.4, -0.2) is 108 Å². The van der Waals surface area contributed by atoms with Gasteiger partial charge >= 0.3 is 24.1 Å². The Bertz CT molecular complexity index is 2140. The van der Waals surface area contributed by atoms with Crippen LogP contribution < -0.4 is 24.3 Å². The number of hydrogen-bond donors (Lipinski definition) is 1. The van der Waals surface area contributed by atoms with Crippen molar-refractivity contribution in [3.63, 3.8) is 0 Å². The Balaban J connectivity index is 1.69. The van der Waals surface area contributed by atoms with Gasteiger partial charge in [-0.05, 0) is 49.4 Å². The summed E-state index contributed by atoms with van der Waals surface area (Å²) in [6.45, 7) is 13.3. The zero-order valence-corrected chi connectivity index (χ0v) is 36.9. The van der Waals surface area contributed by atoms with E-state index in [9.17, 15) is 24.4 Å². The van der Waals surface area contributed by atoms with Crippen molar-refractivity contribution < 1.29 is 52.3 Å². The van der Waals surface area contributed by atoms with Crippen LogP contribution in [-0.2, 0) is 30.2 Å². The Morgan fingerprint density at radius 1 is 1.02 bits per heavy atom. The molecule has 2 fully saturated rings. The predicted octanol–water partition coefficient (Wildman–Crippen LogP) is 6.84. The number of rotatable bonds is 10. The number of carbonyl (C=O) groups excluding carboxylic acids is 4. The van der Waals surface area contributed by atoms with Gasteiger partial charge in [0.05, 0.1) is 49.7 Å². The number of carbonyl (C=O) groups is 4. The molecule has 4 bridgehead atoms. The number of esters is 2. The molecule has 0 radical (unpaired) electrons. The molecule has 1 N–H and O–H groups in total. The van der Waals surface area contributed by atoms with E-state index in [4.69, 9.17) is 68.0 Å². The van der Waals surface area contributed by atoms with Crippen molar-refractivity contribution in [3.05, 3.63) is 70.3 Å². The van der Waals surface area contributed by atoms with Crippen LogP contribution in [0, 0.1) is 32.1 Å². The molecule has 4 aliphatic rings. The van der Waals surface area contributed by atoms with E-state index in [0.717, 1.165) is 22.3 Å². The monoisotopic (exact) mass is 906 g/mol. The Hall–Kier alpha value is -4.53. The highest BCUT2D eigenvalue weighted by Crippen LogP contribution is 2.63. The molecule has 4 heterocycles. The summed E-state index contributed by atoms with van der Waals surface area (Å²) in [5, 5.41) is 13.0. The summed E-state index contributed by atoms with van der Waals surface area (Å²) in [6.07, 6.45) is 1.57. The van der Waals surface area contributed by atoms with Crippen molar-refractivity contribution >= 4 is 70.7 Å². The lowest BCUT2D eigenvalue weighted by atomic mass is 9.70. The molecule has 15 nitrogen and oxygen atoms in total. The zero-order valence-electron chi connectivity index (χ0n) is 33.8. The maximum atomic E-state index is 14.5. The van der Waals surface area contributed by atoms with E-state index in [2.05, 4.69) is 24.5 Å². The average Bonchev–Trinajstić information content (AvgIpc) is 3.19. The highest BCUT2D eigenvalue weighted by Gasteiger charge is 2.62. The van der Waals surface area contributed by atoms with Gasteiger partial charge in [-0.2, -0.15) is 5.26 Å². The molecule has 7 atom stereocenters. The molecule has 0 aromatic heterocycles. The van der Waals surface area contributed by atoms with Gasteiger partial charge in [0.1, 0.15) is 50.0 Å². The third-order valence-corrected chi connectivity index (χ3v) is 12.7. The maximum Gasteiger partial charge on any atom is 0.411 e. The van der Waals surface area contributed by atoms with Crippen molar-refractivity contribution in [2.75, 3.05) is 46.4 Å². The summed E-state index contributed by atoms with van der Waals surface area (Å²) in [7, 11) is 3.03. The summed E-state index contributed by atoms with van der Waals surface area (Å²) >= 11 is 18.7. The lowest BCUT2D eigenvalue weighted by Crippen LogP contribution is -2.71. The normalized spacial score (nSPS) is 24.2. The first-order valence-corrected chi connectivity index (χ1v) is 21.1. The molecule has 2 aromatic carbocycles. The van der Waals surface area contributed by atoms with Crippen LogP contribution in [0.15, 0.2) is 31.4 Å². The number of cyclic esters (lactones) is 1. The zero-order chi connectivity index (χ0) is 43.8. The number of nitrogens with one attached hydrogen (secondary N) is 1. The number of methoxy groups -OCH3 is 2. The molecule has 2 amide bonds. The fourth-order valence-electron chi connectivity index (χ4n) is 9.00. The second-order valence-electron chi connectivity index (χ2n) is 14.6. The van der Waals surface area contributed by atoms with Gasteiger partial charge in [-0.3, -0.25) is 14.6 Å². The number of nitrogens with zero attached hydrogens (tertiary/aromatic N) is 3. The van der Waals surface area contributed by atoms with Crippen LogP contribution >= 0.6 is 46.6 Å². The number of fused-ring (bicyclic) bond motifs is 7. The van der Waals surface area contributed by atoms with Crippen LogP contribution in [0.25, 0.3) is 0 Å². The molecule has 2 aromatic rings. The second kappa shape index (κ2) is 18.2. The van der Waals surface area contributed by atoms with Crippen LogP contribution in [0.4, 0.5) is 9.59 Å². The maximum absolute atomic E-state index is 14.5. The first kappa shape index (κ1) is 45.0. The third-order valence-electron chi connectivity index (χ3n) is 11.0. The highest BCUT2D eigenvalue weighted by atomic mass is 35.6. The molecule has 60 heavy (non-hydrogen) atoms. The number of benzene rings is 2. The van der Waals surface area contributed by atoms with Crippen molar-refractivity contribution in [2.45, 2.75) is 79.4 Å². The summed E-state index contributed by atoms with van der Waals surface area (Å²) in [5.74, 6) is -0.301. The Morgan fingerprint density at radius 3 is 2.33 bits per heavy atom. The number of alkyl halides is 3. The Morgan fingerprint density at radius 2 is 1.72 bits per heavy atom. The van der Waals surface area contributed by atoms with Gasteiger partial charge in [-0.1, -0.05) is 66.2 Å². The predicted molar refractivity (Wildman–Crippen MR) is 223 cm³/mol. The number of ether oxygens (including phenoxy) is 7. The van der Waals surface area contributed by atoms with Gasteiger partial charge in [-0.15, -0.1) is 11.8 Å². The molecule has 2 saturated heterocycles. The minimum absolute atomic E-state index is 0.0345. The first-order valence-electron chi connectivity index (χ1n) is 18.9. The molecule has 0 saturated carbocycles. The quantitative estimate of drug-likeness (QED) is 0.0863. The molecule has 6 rings (SSSR count). The van der Waals surface area contributed by atoms with E-state index in [1.54, 1.807) is 25.0 Å². The third kappa shape index (κ3) is 8.26. The van der Waals surface area contributed by atoms with E-state index in [0.29, 0.717) is 22.4 Å². The highest BCUT2D eigenvalue weighted by molar-refractivity contribution is 7.99. The number of hydrogen-bond acceptors (Lipinski definition) is 14. The number of piperazine rings is 1. The standard InChI is InChI=1S/C41H45Cl3N4O11S/c1-9-11-55-36-29-27-16-57-38(50)24(46-39(51)58-18-41(42,43)44)17-60-37(30(29)34(59-22(6)49)21(5)35(36)54-8)32-31-28-20(4)33(53-7)19(3)13-23(28)14-25(26(15-45)47(27)32)48(31)40(52)56-12-10-2/h9-10,13,24-27,31-32,37H,1-2,11-12,14,16-18H2,3-8H3,(H,46,51)/t24-,25-,26-,27-,31+,32+,37+/m0/s1. The lowest BCUT2D eigenvalue weighted by Gasteiger charge is -2.62. The van der Waals surface area contributed by atoms with Crippen molar-refractivity contribution in [1.82, 2.24) is 15.1 Å². The van der Waals surface area contributed by atoms with Gasteiger partial charge < -0.3 is 38.5 Å². The van der Waals surface area contributed by atoms with E-state index in [-0.39, 0.29) is 42.6 Å². The minimum Gasteiger partial charge on any atom is -0.496 e. The molecule has 19 heteroatoms. The van der Waals surface area contributed by atoms with Crippen molar-refractivity contribution in [1.29, 1.82) is 5.26 Å². The minimum atomic E-state index is -1.92. The topological polar surface area (TPSA) is 175 Å². The molecular weight excluding hydrogens is 863 g/mol. The Kier molecular flexibility index (Phi) is 13.7. The SMILES string of the molecule is C=CCOC(=O)N1[C@@H]2c3c(cc(C)c(OC)c3C)C[C@H]1[C@H](C#N)N1[C@H]2[C@@H]2SC[C@H](NC(=O)OCC(Cl)(Cl)Cl)C(=O)OC[C@H]1c1c(OCC=C)c(OC)c(C)c(OC(C)=O)c12. The van der Waals surface area contributed by atoms with Crippen LogP contribution in [0.2, 0.25) is 0 Å². The van der Waals surface area contributed by atoms with Gasteiger partial charge in [0.25, 0.3) is 0 Å². The number of alkyl carbamates (subject to hydrolysis) is 1. The van der Waals surface area contributed by atoms with E-state index in [1.165, 1.54) is 31.9 Å². The van der Waals surface area contributed by atoms with Crippen molar-refractivity contribution in [2.24, 2.45) is 0 Å². The fraction of sp³-hybridized carbons (Fsp3) is 0.488. The Labute approximate surface area is 367 Å². The van der Waals surface area contributed by atoms with Crippen LogP contribution in [0.5, 0.6) is 23.0 Å². The lowest BCUT2D eigenvalue weighted by molar-refractivity contribution is -0.151. The average molecular weight is 908 g/mol. The molecule has 0 spiro atoms. The molecule has 0 aliphatic carbocycles. The molecular formula is C41H45Cl3N4O11S. The molecule has 0 unspecified atom stereocenters. The molecule has 322 valence electrons. The number of halogens is 3. The van der Waals surface area contributed by atoms with Crippen LogP contribution in [0.1, 0.15) is 63.2 Å². The second-order valence-corrected chi connectivity index (χ2v) is 18.2. The molecule has 4 aliphatic heterocycles. The summed E-state index contributed by atoms with van der Waals surface area (Å²) in [4.78, 5) is 58.1.